The summed E-state index contributed by atoms with van der Waals surface area (Å²) in [6, 6.07) is 62.5. The lowest BCUT2D eigenvalue weighted by Crippen LogP contribution is -1.96. The molecule has 0 fully saturated rings. The van der Waals surface area contributed by atoms with Crippen molar-refractivity contribution in [2.45, 2.75) is 6.92 Å². The minimum atomic E-state index is 0.635. The number of hydrogen-bond acceptors (Lipinski definition) is 3. The first-order valence-electron chi connectivity index (χ1n) is 17.6. The van der Waals surface area contributed by atoms with Crippen LogP contribution >= 0.6 is 0 Å². The number of fused-ring (bicyclic) bond motifs is 1. The van der Waals surface area contributed by atoms with Gasteiger partial charge in [0.2, 0.25) is 0 Å². The Morgan fingerprint density at radius 3 is 1.85 bits per heavy atom. The summed E-state index contributed by atoms with van der Waals surface area (Å²) in [7, 11) is 0. The second kappa shape index (κ2) is 14.6. The summed E-state index contributed by atoms with van der Waals surface area (Å²) in [6.07, 6.45) is 2.24. The lowest BCUT2D eigenvalue weighted by molar-refractivity contribution is 1.18. The minimum absolute atomic E-state index is 0.635. The predicted octanol–water partition coefficient (Wildman–Crippen LogP) is 12.8. The normalized spacial score (nSPS) is 11.3. The zero-order valence-corrected chi connectivity index (χ0v) is 29.4. The second-order valence-electron chi connectivity index (χ2n) is 13.1. The summed E-state index contributed by atoms with van der Waals surface area (Å²) in [5, 5.41) is 11.6. The van der Waals surface area contributed by atoms with Gasteiger partial charge in [-0.05, 0) is 92.6 Å². The standard InChI is InChI=1S/C50H35N3/c1-34(29-42-17-9-11-19-45(42)35(2)37-23-21-36(33-51)22-24-37)44-30-43-18-10-12-20-46(43)47(31-44)38-25-27-40(28-26-38)49-32-48(39-13-5-3-6-14-39)52-50(53-49)41-15-7-4-8-16-41/h3-32H,2H2,1H3/b34-29+. The number of hydrogen-bond donors (Lipinski definition) is 0. The fourth-order valence-corrected chi connectivity index (χ4v) is 6.78. The molecule has 3 heteroatoms. The first-order chi connectivity index (χ1) is 26.0. The molecular weight excluding hydrogens is 643 g/mol. The molecule has 0 saturated heterocycles. The molecule has 0 radical (unpaired) electrons. The Balaban J connectivity index is 1.17. The van der Waals surface area contributed by atoms with E-state index in [4.69, 9.17) is 9.97 Å². The number of allylic oxidation sites excluding steroid dienone is 1. The number of benzene rings is 7. The fraction of sp³-hybridized carbons (Fsp3) is 0.0200. The molecule has 0 amide bonds. The van der Waals surface area contributed by atoms with E-state index in [2.05, 4.69) is 135 Å². The third-order valence-electron chi connectivity index (χ3n) is 9.66. The molecule has 3 nitrogen and oxygen atoms in total. The first-order valence-corrected chi connectivity index (χ1v) is 17.6. The van der Waals surface area contributed by atoms with Crippen molar-refractivity contribution >= 4 is 28.0 Å². The summed E-state index contributed by atoms with van der Waals surface area (Å²) in [5.41, 5.74) is 14.1. The Hall–Kier alpha value is -7.15. The Morgan fingerprint density at radius 1 is 0.566 bits per heavy atom. The van der Waals surface area contributed by atoms with E-state index in [1.54, 1.807) is 0 Å². The van der Waals surface area contributed by atoms with Gasteiger partial charge < -0.3 is 0 Å². The van der Waals surface area contributed by atoms with Gasteiger partial charge in [-0.15, -0.1) is 0 Å². The molecular formula is C50H35N3. The van der Waals surface area contributed by atoms with Crippen LogP contribution in [0.4, 0.5) is 0 Å². The molecule has 0 aliphatic heterocycles. The van der Waals surface area contributed by atoms with Crippen LogP contribution in [0.25, 0.3) is 73.0 Å². The van der Waals surface area contributed by atoms with Gasteiger partial charge in [0.15, 0.2) is 5.82 Å². The van der Waals surface area contributed by atoms with Crippen LogP contribution in [0.2, 0.25) is 0 Å². The maximum absolute atomic E-state index is 9.26. The van der Waals surface area contributed by atoms with Crippen LogP contribution in [-0.4, -0.2) is 9.97 Å². The minimum Gasteiger partial charge on any atom is -0.228 e. The quantitative estimate of drug-likeness (QED) is 0.150. The van der Waals surface area contributed by atoms with Gasteiger partial charge >= 0.3 is 0 Å². The van der Waals surface area contributed by atoms with Crippen LogP contribution in [0.3, 0.4) is 0 Å². The Kier molecular flexibility index (Phi) is 9.10. The first kappa shape index (κ1) is 33.0. The molecule has 7 aromatic carbocycles. The van der Waals surface area contributed by atoms with Crippen LogP contribution in [0.5, 0.6) is 0 Å². The van der Waals surface area contributed by atoms with Gasteiger partial charge in [-0.25, -0.2) is 9.97 Å². The van der Waals surface area contributed by atoms with E-state index in [1.807, 2.05) is 66.7 Å². The Labute approximate surface area is 310 Å². The van der Waals surface area contributed by atoms with E-state index >= 15 is 0 Å². The molecule has 0 spiro atoms. The molecule has 8 rings (SSSR count). The average Bonchev–Trinajstić information content (AvgIpc) is 3.23. The van der Waals surface area contributed by atoms with Crippen molar-refractivity contribution in [2.75, 3.05) is 0 Å². The molecule has 0 bridgehead atoms. The highest BCUT2D eigenvalue weighted by molar-refractivity contribution is 6.00. The largest absolute Gasteiger partial charge is 0.228 e. The molecule has 1 aromatic heterocycles. The van der Waals surface area contributed by atoms with Crippen molar-refractivity contribution in [1.82, 2.24) is 9.97 Å². The lowest BCUT2D eigenvalue weighted by atomic mass is 9.90. The van der Waals surface area contributed by atoms with Gasteiger partial charge in [0.1, 0.15) is 0 Å². The van der Waals surface area contributed by atoms with Crippen molar-refractivity contribution in [3.05, 3.63) is 210 Å². The predicted molar refractivity (Wildman–Crippen MR) is 221 cm³/mol. The van der Waals surface area contributed by atoms with Crippen molar-refractivity contribution in [1.29, 1.82) is 5.26 Å². The SMILES string of the molecule is C=C(c1ccc(C#N)cc1)c1ccccc1/C=C(\C)c1cc(-c2ccc(-c3cc(-c4ccccc4)nc(-c4ccccc4)n3)cc2)c2ccccc2c1. The third-order valence-corrected chi connectivity index (χ3v) is 9.66. The van der Waals surface area contributed by atoms with Crippen molar-refractivity contribution < 1.29 is 0 Å². The maximum Gasteiger partial charge on any atom is 0.160 e. The highest BCUT2D eigenvalue weighted by atomic mass is 14.9. The summed E-state index contributed by atoms with van der Waals surface area (Å²) < 4.78 is 0. The van der Waals surface area contributed by atoms with Gasteiger partial charge in [0.25, 0.3) is 0 Å². The smallest absolute Gasteiger partial charge is 0.160 e. The van der Waals surface area contributed by atoms with E-state index in [-0.39, 0.29) is 0 Å². The molecule has 8 aromatic rings. The summed E-state index contributed by atoms with van der Waals surface area (Å²) in [6.45, 7) is 6.60. The highest BCUT2D eigenvalue weighted by Gasteiger charge is 2.13. The number of nitrogens with zero attached hydrogens (tertiary/aromatic N) is 3. The molecule has 0 N–H and O–H groups in total. The van der Waals surface area contributed by atoms with Crippen molar-refractivity contribution in [3.8, 4) is 51.1 Å². The third kappa shape index (κ3) is 6.95. The van der Waals surface area contributed by atoms with E-state index in [9.17, 15) is 5.26 Å². The number of rotatable bonds is 8. The van der Waals surface area contributed by atoms with Crippen LogP contribution in [0, 0.1) is 11.3 Å². The molecule has 250 valence electrons. The Morgan fingerprint density at radius 2 is 1.15 bits per heavy atom. The fourth-order valence-electron chi connectivity index (χ4n) is 6.78. The van der Waals surface area contributed by atoms with Gasteiger partial charge in [0, 0.05) is 16.7 Å². The summed E-state index contributed by atoms with van der Waals surface area (Å²) >= 11 is 0. The molecule has 1 heterocycles. The number of nitriles is 1. The molecule has 0 saturated carbocycles. The van der Waals surface area contributed by atoms with E-state index in [0.717, 1.165) is 67.0 Å². The lowest BCUT2D eigenvalue weighted by Gasteiger charge is -2.14. The van der Waals surface area contributed by atoms with E-state index in [0.29, 0.717) is 11.4 Å². The highest BCUT2D eigenvalue weighted by Crippen LogP contribution is 2.36. The molecule has 0 aliphatic carbocycles. The zero-order valence-electron chi connectivity index (χ0n) is 29.4. The molecule has 53 heavy (non-hydrogen) atoms. The Bertz CT molecular complexity index is 2610. The number of aromatic nitrogens is 2. The van der Waals surface area contributed by atoms with Crippen LogP contribution in [0.1, 0.15) is 34.7 Å². The zero-order chi connectivity index (χ0) is 36.1. The summed E-state index contributed by atoms with van der Waals surface area (Å²) in [5.74, 6) is 0.703. The average molecular weight is 678 g/mol. The van der Waals surface area contributed by atoms with Crippen LogP contribution in [-0.2, 0) is 0 Å². The van der Waals surface area contributed by atoms with Crippen LogP contribution < -0.4 is 0 Å². The second-order valence-corrected chi connectivity index (χ2v) is 13.1. The van der Waals surface area contributed by atoms with Crippen LogP contribution in [0.15, 0.2) is 183 Å². The molecule has 0 aliphatic rings. The topological polar surface area (TPSA) is 49.6 Å². The van der Waals surface area contributed by atoms with Gasteiger partial charge in [-0.1, -0.05) is 158 Å². The van der Waals surface area contributed by atoms with Gasteiger partial charge in [-0.3, -0.25) is 0 Å². The van der Waals surface area contributed by atoms with Crippen molar-refractivity contribution in [3.63, 3.8) is 0 Å². The van der Waals surface area contributed by atoms with E-state index in [1.165, 1.54) is 16.3 Å². The maximum atomic E-state index is 9.26. The van der Waals surface area contributed by atoms with Crippen molar-refractivity contribution in [2.24, 2.45) is 0 Å². The molecule has 0 unspecified atom stereocenters. The monoisotopic (exact) mass is 677 g/mol. The van der Waals surface area contributed by atoms with E-state index < -0.39 is 0 Å². The molecule has 0 atom stereocenters. The van der Waals surface area contributed by atoms with Gasteiger partial charge in [0.05, 0.1) is 23.0 Å². The summed E-state index contributed by atoms with van der Waals surface area (Å²) in [4.78, 5) is 10.00. The van der Waals surface area contributed by atoms with Gasteiger partial charge in [-0.2, -0.15) is 5.26 Å².